The Kier molecular flexibility index (Phi) is 4.60. The van der Waals surface area contributed by atoms with Crippen LogP contribution in [0.4, 0.5) is 17.6 Å². The summed E-state index contributed by atoms with van der Waals surface area (Å²) < 4.78 is 56.3. The van der Waals surface area contributed by atoms with Crippen molar-refractivity contribution in [2.24, 2.45) is 0 Å². The summed E-state index contributed by atoms with van der Waals surface area (Å²) in [6.07, 6.45) is -6.87. The molecule has 5 nitrogen and oxygen atoms in total. The van der Waals surface area contributed by atoms with Crippen LogP contribution >= 0.6 is 0 Å². The second-order valence-electron chi connectivity index (χ2n) is 5.16. The van der Waals surface area contributed by atoms with Gasteiger partial charge in [-0.05, 0) is 17.7 Å². The summed E-state index contributed by atoms with van der Waals surface area (Å²) in [6.45, 7) is -0.197. The molecule has 0 aromatic heterocycles. The Bertz CT molecular complexity index is 594. The molecular weight excluding hydrogens is 322 g/mol. The van der Waals surface area contributed by atoms with Gasteiger partial charge in [-0.25, -0.2) is 9.18 Å². The molecule has 0 bridgehead atoms. The van der Waals surface area contributed by atoms with Crippen molar-refractivity contribution >= 4 is 11.9 Å². The summed E-state index contributed by atoms with van der Waals surface area (Å²) in [7, 11) is 0. The van der Waals surface area contributed by atoms with Crippen LogP contribution in [-0.2, 0) is 20.5 Å². The molecule has 0 aliphatic carbocycles. The lowest BCUT2D eigenvalue weighted by Crippen LogP contribution is -2.56. The van der Waals surface area contributed by atoms with E-state index in [4.69, 9.17) is 9.84 Å². The van der Waals surface area contributed by atoms with Gasteiger partial charge in [-0.3, -0.25) is 4.79 Å². The summed E-state index contributed by atoms with van der Waals surface area (Å²) in [5.41, 5.74) is -2.98. The van der Waals surface area contributed by atoms with Crippen LogP contribution in [0.1, 0.15) is 23.7 Å². The van der Waals surface area contributed by atoms with E-state index in [1.807, 2.05) is 0 Å². The molecule has 1 aromatic rings. The Morgan fingerprint density at radius 1 is 1.26 bits per heavy atom. The van der Waals surface area contributed by atoms with E-state index in [0.29, 0.717) is 12.1 Å². The average Bonchev–Trinajstić information content (AvgIpc) is 2.95. The summed E-state index contributed by atoms with van der Waals surface area (Å²) in [5, 5.41) is 11.2. The van der Waals surface area contributed by atoms with Crippen molar-refractivity contribution in [3.8, 4) is 0 Å². The van der Waals surface area contributed by atoms with Crippen molar-refractivity contribution in [3.05, 3.63) is 35.4 Å². The van der Waals surface area contributed by atoms with Gasteiger partial charge in [0.15, 0.2) is 5.54 Å². The summed E-state index contributed by atoms with van der Waals surface area (Å²) in [4.78, 5) is 23.1. The van der Waals surface area contributed by atoms with Gasteiger partial charge in [-0.1, -0.05) is 12.1 Å². The van der Waals surface area contributed by atoms with Gasteiger partial charge in [0.25, 0.3) is 5.91 Å². The van der Waals surface area contributed by atoms with E-state index < -0.39 is 35.3 Å². The summed E-state index contributed by atoms with van der Waals surface area (Å²) >= 11 is 0. The normalized spacial score (nSPS) is 22.6. The van der Waals surface area contributed by atoms with Crippen molar-refractivity contribution in [1.29, 1.82) is 0 Å². The van der Waals surface area contributed by atoms with Gasteiger partial charge in [0.1, 0.15) is 0 Å². The highest BCUT2D eigenvalue weighted by molar-refractivity contribution is 5.90. The fourth-order valence-electron chi connectivity index (χ4n) is 2.18. The fraction of sp³-hybridized carbons (Fsp3) is 0.429. The van der Waals surface area contributed by atoms with E-state index >= 15 is 0 Å². The van der Waals surface area contributed by atoms with Crippen LogP contribution < -0.4 is 5.32 Å². The largest absolute Gasteiger partial charge is 0.479 e. The third-order valence-corrected chi connectivity index (χ3v) is 3.55. The van der Waals surface area contributed by atoms with Gasteiger partial charge in [0.05, 0.1) is 12.2 Å². The van der Waals surface area contributed by atoms with Crippen LogP contribution in [-0.4, -0.2) is 35.7 Å². The number of alkyl halides is 4. The van der Waals surface area contributed by atoms with Gasteiger partial charge in [-0.15, -0.1) is 0 Å². The van der Waals surface area contributed by atoms with E-state index in [2.05, 4.69) is 5.32 Å². The van der Waals surface area contributed by atoms with E-state index in [0.717, 1.165) is 12.1 Å². The maximum absolute atomic E-state index is 14.1. The third kappa shape index (κ3) is 3.61. The second-order valence-corrected chi connectivity index (χ2v) is 5.16. The molecule has 1 aliphatic heterocycles. The molecule has 2 rings (SSSR count). The van der Waals surface area contributed by atoms with E-state index in [1.54, 1.807) is 0 Å². The minimum absolute atomic E-state index is 0.0200. The van der Waals surface area contributed by atoms with Gasteiger partial charge < -0.3 is 15.2 Å². The second kappa shape index (κ2) is 6.15. The summed E-state index contributed by atoms with van der Waals surface area (Å²) in [6, 6.07) is 2.99. The number of ether oxygens (including phenoxy) is 1. The number of carboxylic acids is 1. The molecule has 1 heterocycles. The van der Waals surface area contributed by atoms with Gasteiger partial charge in [0.2, 0.25) is 6.17 Å². The van der Waals surface area contributed by atoms with Crippen LogP contribution in [0.25, 0.3) is 0 Å². The highest BCUT2D eigenvalue weighted by atomic mass is 19.4. The highest BCUT2D eigenvalue weighted by Gasteiger charge is 2.45. The predicted molar refractivity (Wildman–Crippen MR) is 69.2 cm³/mol. The number of aliphatic carboxylic acids is 1. The van der Waals surface area contributed by atoms with Crippen LogP contribution in [0.5, 0.6) is 0 Å². The first-order valence-corrected chi connectivity index (χ1v) is 6.60. The maximum atomic E-state index is 14.1. The van der Waals surface area contributed by atoms with E-state index in [-0.39, 0.29) is 25.2 Å². The molecule has 9 heteroatoms. The SMILES string of the molecule is O=C(NC1(C(=O)O)CCOC1)C(F)c1ccc(C(F)(F)F)cc1. The molecule has 1 aliphatic rings. The van der Waals surface area contributed by atoms with Crippen LogP contribution in [0, 0.1) is 0 Å². The highest BCUT2D eigenvalue weighted by Crippen LogP contribution is 2.30. The minimum Gasteiger partial charge on any atom is -0.479 e. The molecule has 0 saturated carbocycles. The molecular formula is C14H13F4NO4. The number of carbonyl (C=O) groups excluding carboxylic acids is 1. The molecule has 23 heavy (non-hydrogen) atoms. The standard InChI is InChI=1S/C14H13F4NO4/c15-10(8-1-3-9(4-2-8)14(16,17)18)11(20)19-13(12(21)22)5-6-23-7-13/h1-4,10H,5-7H2,(H,19,20)(H,21,22). The molecule has 0 radical (unpaired) electrons. The van der Waals surface area contributed by atoms with Crippen molar-refractivity contribution in [1.82, 2.24) is 5.32 Å². The molecule has 0 spiro atoms. The topological polar surface area (TPSA) is 75.6 Å². The van der Waals surface area contributed by atoms with E-state index in [9.17, 15) is 27.2 Å². The van der Waals surface area contributed by atoms with Crippen molar-refractivity contribution in [2.45, 2.75) is 24.3 Å². The molecule has 1 aromatic carbocycles. The molecule has 2 atom stereocenters. The van der Waals surface area contributed by atoms with Crippen LogP contribution in [0.2, 0.25) is 0 Å². The van der Waals surface area contributed by atoms with E-state index in [1.165, 1.54) is 0 Å². The van der Waals surface area contributed by atoms with Crippen molar-refractivity contribution < 1.29 is 37.0 Å². The number of hydrogen-bond acceptors (Lipinski definition) is 3. The molecule has 1 fully saturated rings. The Labute approximate surface area is 128 Å². The van der Waals surface area contributed by atoms with Crippen LogP contribution in [0.15, 0.2) is 24.3 Å². The van der Waals surface area contributed by atoms with Gasteiger partial charge in [-0.2, -0.15) is 13.2 Å². The maximum Gasteiger partial charge on any atom is 0.416 e. The van der Waals surface area contributed by atoms with Crippen molar-refractivity contribution in [3.63, 3.8) is 0 Å². The predicted octanol–water partition coefficient (Wildman–Crippen LogP) is 2.08. The molecule has 2 unspecified atom stereocenters. The van der Waals surface area contributed by atoms with Gasteiger partial charge >= 0.3 is 12.1 Å². The first kappa shape index (κ1) is 17.2. The summed E-state index contributed by atoms with van der Waals surface area (Å²) in [5.74, 6) is -2.60. The number of benzene rings is 1. The molecule has 2 N–H and O–H groups in total. The third-order valence-electron chi connectivity index (χ3n) is 3.55. The monoisotopic (exact) mass is 335 g/mol. The van der Waals surface area contributed by atoms with Crippen molar-refractivity contribution in [2.75, 3.05) is 13.2 Å². The number of rotatable bonds is 4. The number of nitrogens with one attached hydrogen (secondary N) is 1. The number of halogens is 4. The number of carboxylic acid groups (broad SMARTS) is 1. The first-order valence-electron chi connectivity index (χ1n) is 6.60. The Morgan fingerprint density at radius 3 is 2.30 bits per heavy atom. The lowest BCUT2D eigenvalue weighted by Gasteiger charge is -2.24. The number of hydrogen-bond donors (Lipinski definition) is 2. The smallest absolute Gasteiger partial charge is 0.416 e. The lowest BCUT2D eigenvalue weighted by atomic mass is 9.98. The zero-order valence-corrected chi connectivity index (χ0v) is 11.7. The minimum atomic E-state index is -4.57. The van der Waals surface area contributed by atoms with Crippen LogP contribution in [0.3, 0.4) is 0 Å². The zero-order chi connectivity index (χ0) is 17.3. The first-order chi connectivity index (χ1) is 10.7. The average molecular weight is 335 g/mol. The molecule has 126 valence electrons. The lowest BCUT2D eigenvalue weighted by molar-refractivity contribution is -0.148. The Hall–Kier alpha value is -2.16. The Morgan fingerprint density at radius 2 is 1.87 bits per heavy atom. The Balaban J connectivity index is 2.12. The van der Waals surface area contributed by atoms with Gasteiger partial charge in [0, 0.05) is 13.0 Å². The number of amides is 1. The fourth-order valence-corrected chi connectivity index (χ4v) is 2.18. The molecule has 1 amide bonds. The quantitative estimate of drug-likeness (QED) is 0.826. The zero-order valence-electron chi connectivity index (χ0n) is 11.7. The number of carbonyl (C=O) groups is 2. The molecule has 1 saturated heterocycles.